The van der Waals surface area contributed by atoms with Crippen LogP contribution in [0.3, 0.4) is 0 Å². The Balaban J connectivity index is 2.59. The lowest BCUT2D eigenvalue weighted by Gasteiger charge is -2.19. The highest BCUT2D eigenvalue weighted by atomic mass is 19.2. The Hall–Kier alpha value is -1.55. The van der Waals surface area contributed by atoms with Crippen molar-refractivity contribution < 1.29 is 28.6 Å². The second-order valence-corrected chi connectivity index (χ2v) is 3.57. The van der Waals surface area contributed by atoms with Gasteiger partial charge in [0.1, 0.15) is 18.8 Å². The van der Waals surface area contributed by atoms with Crippen LogP contribution in [0.5, 0.6) is 0 Å². The molecule has 2 rings (SSSR count). The summed E-state index contributed by atoms with van der Waals surface area (Å²) in [6.45, 7) is -3.76. The van der Waals surface area contributed by atoms with Crippen molar-refractivity contribution in [3.8, 4) is 0 Å². The van der Waals surface area contributed by atoms with E-state index in [4.69, 9.17) is 9.22 Å². The Morgan fingerprint density at radius 3 is 2.83 bits per heavy atom. The number of nitrogens with zero attached hydrogens (tertiary/aromatic N) is 1. The molecule has 2 heterocycles. The fraction of sp³-hybridized carbons (Fsp3) is 0.556. The maximum absolute atomic E-state index is 14.3. The zero-order valence-electron chi connectivity index (χ0n) is 11.7. The maximum atomic E-state index is 14.3. The lowest BCUT2D eigenvalue weighted by molar-refractivity contribution is -0.207. The molecule has 0 amide bonds. The number of halogens is 1. The molecule has 8 nitrogen and oxygen atoms in total. The van der Waals surface area contributed by atoms with Gasteiger partial charge in [0.2, 0.25) is 0 Å². The Kier molecular flexibility index (Phi) is 2.23. The van der Waals surface area contributed by atoms with E-state index < -0.39 is 42.1 Å². The van der Waals surface area contributed by atoms with E-state index >= 15 is 0 Å². The van der Waals surface area contributed by atoms with Crippen LogP contribution in [0.1, 0.15) is 10.3 Å². The number of aromatic amines is 1. The van der Waals surface area contributed by atoms with Gasteiger partial charge in [-0.1, -0.05) is 0 Å². The topological polar surface area (TPSA) is 125 Å². The second-order valence-electron chi connectivity index (χ2n) is 3.57. The molecule has 0 spiro atoms. The zero-order chi connectivity index (χ0) is 16.2. The van der Waals surface area contributed by atoms with E-state index in [0.717, 1.165) is 6.07 Å². The fourth-order valence-electron chi connectivity index (χ4n) is 1.48. The monoisotopic (exact) mass is 265 g/mol. The average Bonchev–Trinajstić information content (AvgIpc) is 2.51. The Morgan fingerprint density at radius 2 is 2.33 bits per heavy atom. The molecule has 0 bridgehead atoms. The molecule has 0 radical (unpaired) electrons. The van der Waals surface area contributed by atoms with E-state index in [0.29, 0.717) is 6.20 Å². The number of rotatable bonds is 2. The highest BCUT2D eigenvalue weighted by molar-refractivity contribution is 4.96. The predicted octanol–water partition coefficient (Wildman–Crippen LogP) is -2.55. The van der Waals surface area contributed by atoms with Crippen LogP contribution in [0.2, 0.25) is 0 Å². The molecule has 1 aromatic heterocycles. The Bertz CT molecular complexity index is 674. The van der Waals surface area contributed by atoms with E-state index in [1.807, 2.05) is 0 Å². The summed E-state index contributed by atoms with van der Waals surface area (Å²) in [5, 5.41) is 28.4. The van der Waals surface area contributed by atoms with Crippen LogP contribution >= 0.6 is 0 Å². The van der Waals surface area contributed by atoms with Crippen LogP contribution in [0.15, 0.2) is 21.9 Å². The number of nitrogens with one attached hydrogen (secondary N) is 1. The molecule has 1 aliphatic rings. The maximum Gasteiger partial charge on any atom is 0.330 e. The van der Waals surface area contributed by atoms with Crippen molar-refractivity contribution in [3.05, 3.63) is 33.1 Å². The van der Waals surface area contributed by atoms with Gasteiger partial charge in [-0.05, 0) is 0 Å². The Labute approximate surface area is 103 Å². The van der Waals surface area contributed by atoms with Crippen LogP contribution in [0.25, 0.3) is 0 Å². The quantitative estimate of drug-likeness (QED) is 0.466. The van der Waals surface area contributed by atoms with Crippen LogP contribution in [-0.2, 0) is 4.74 Å². The number of hydrogen-bond acceptors (Lipinski definition) is 6. The largest absolute Gasteiger partial charge is 0.390 e. The highest BCUT2D eigenvalue weighted by Gasteiger charge is 2.55. The van der Waals surface area contributed by atoms with Crippen molar-refractivity contribution in [3.63, 3.8) is 0 Å². The summed E-state index contributed by atoms with van der Waals surface area (Å²) in [5.41, 5.74) is -2.09. The molecule has 0 aliphatic carbocycles. The van der Waals surface area contributed by atoms with Crippen molar-refractivity contribution in [2.45, 2.75) is 24.3 Å². The third-order valence-corrected chi connectivity index (χ3v) is 2.40. The SMILES string of the molecule is [2H]C([2H])(O)[C@@]1(F)O[C@@]([2H])(n2ccc(=O)[nH]c2=O)[C@H](O)[C@@H]1O. The lowest BCUT2D eigenvalue weighted by Crippen LogP contribution is -2.42. The van der Waals surface area contributed by atoms with E-state index in [-0.39, 0.29) is 4.57 Å². The summed E-state index contributed by atoms with van der Waals surface area (Å²) in [7, 11) is 0. The summed E-state index contributed by atoms with van der Waals surface area (Å²) < 4.78 is 40.5. The van der Waals surface area contributed by atoms with Crippen molar-refractivity contribution in [1.82, 2.24) is 9.55 Å². The molecule has 0 unspecified atom stereocenters. The third-order valence-electron chi connectivity index (χ3n) is 2.40. The van der Waals surface area contributed by atoms with Crippen LogP contribution in [-0.4, -0.2) is 49.5 Å². The van der Waals surface area contributed by atoms with Gasteiger partial charge < -0.3 is 20.1 Å². The van der Waals surface area contributed by atoms with Crippen molar-refractivity contribution in [1.29, 1.82) is 0 Å². The molecule has 4 atom stereocenters. The van der Waals surface area contributed by atoms with Gasteiger partial charge in [0.25, 0.3) is 11.4 Å². The number of hydrogen-bond donors (Lipinski definition) is 4. The predicted molar refractivity (Wildman–Crippen MR) is 54.4 cm³/mol. The summed E-state index contributed by atoms with van der Waals surface area (Å²) in [4.78, 5) is 24.2. The third kappa shape index (κ3) is 1.86. The minimum Gasteiger partial charge on any atom is -0.390 e. The van der Waals surface area contributed by atoms with Crippen molar-refractivity contribution in [2.24, 2.45) is 0 Å². The average molecular weight is 265 g/mol. The molecule has 0 saturated carbocycles. The summed E-state index contributed by atoms with van der Waals surface area (Å²) >= 11 is 0. The number of aromatic nitrogens is 2. The molecular weight excluding hydrogens is 251 g/mol. The van der Waals surface area contributed by atoms with Crippen molar-refractivity contribution >= 4 is 0 Å². The lowest BCUT2D eigenvalue weighted by atomic mass is 10.1. The highest BCUT2D eigenvalue weighted by Crippen LogP contribution is 2.37. The van der Waals surface area contributed by atoms with Crippen LogP contribution in [0, 0.1) is 0 Å². The first-order chi connectivity index (χ1) is 9.43. The summed E-state index contributed by atoms with van der Waals surface area (Å²) in [5.74, 6) is -3.86. The standard InChI is InChI=1S/C9H11FN2O6/c10-9(3-13)6(16)5(15)7(18-9)12-2-1-4(14)11-8(12)17/h1-2,5-7,13,15-16H,3H2,(H,11,14,17)/t5-,6+,7-,9-/m1/s1/i3D2,7D. The second kappa shape index (κ2) is 4.28. The van der Waals surface area contributed by atoms with Gasteiger partial charge >= 0.3 is 5.69 Å². The molecule has 1 fully saturated rings. The number of H-pyrrole nitrogens is 1. The summed E-state index contributed by atoms with van der Waals surface area (Å²) in [6.07, 6.45) is -7.38. The van der Waals surface area contributed by atoms with Crippen LogP contribution < -0.4 is 11.2 Å². The van der Waals surface area contributed by atoms with E-state index in [2.05, 4.69) is 4.74 Å². The molecule has 100 valence electrons. The molecule has 18 heavy (non-hydrogen) atoms. The molecule has 1 aromatic rings. The normalized spacial score (nSPS) is 43.2. The number of ether oxygens (including phenoxy) is 1. The van der Waals surface area contributed by atoms with Gasteiger partial charge in [-0.25, -0.2) is 9.18 Å². The van der Waals surface area contributed by atoms with Gasteiger partial charge in [-0.2, -0.15) is 0 Å². The molecule has 9 heteroatoms. The number of aliphatic hydroxyl groups is 3. The smallest absolute Gasteiger partial charge is 0.330 e. The van der Waals surface area contributed by atoms with Gasteiger partial charge in [0.05, 0.1) is 4.11 Å². The van der Waals surface area contributed by atoms with Crippen molar-refractivity contribution in [2.75, 3.05) is 6.56 Å². The fourth-order valence-corrected chi connectivity index (χ4v) is 1.48. The van der Waals surface area contributed by atoms with E-state index in [1.165, 1.54) is 0 Å². The molecule has 1 saturated heterocycles. The molecule has 1 aliphatic heterocycles. The van der Waals surface area contributed by atoms with E-state index in [1.54, 1.807) is 4.98 Å². The zero-order valence-corrected chi connectivity index (χ0v) is 8.70. The summed E-state index contributed by atoms with van der Waals surface area (Å²) in [6, 6.07) is 0.770. The van der Waals surface area contributed by atoms with Gasteiger partial charge in [-0.15, -0.1) is 0 Å². The Morgan fingerprint density at radius 1 is 1.67 bits per heavy atom. The first-order valence-electron chi connectivity index (χ1n) is 6.23. The molecule has 0 aromatic carbocycles. The minimum absolute atomic E-state index is 0.245. The van der Waals surface area contributed by atoms with E-state index in [9.17, 15) is 24.2 Å². The van der Waals surface area contributed by atoms with Crippen LogP contribution in [0.4, 0.5) is 4.39 Å². The first-order valence-corrected chi connectivity index (χ1v) is 4.73. The molecular formula is C9H11FN2O6. The number of aliphatic hydroxyl groups excluding tert-OH is 2. The van der Waals surface area contributed by atoms with Gasteiger partial charge in [0.15, 0.2) is 6.20 Å². The van der Waals surface area contributed by atoms with Gasteiger partial charge in [-0.3, -0.25) is 14.3 Å². The minimum atomic E-state index is -3.86. The first kappa shape index (κ1) is 9.39. The molecule has 4 N–H and O–H groups in total. The van der Waals surface area contributed by atoms with Gasteiger partial charge in [0, 0.05) is 12.3 Å². The number of alkyl halides is 1.